The zero-order valence-corrected chi connectivity index (χ0v) is 16.3. The van der Waals surface area contributed by atoms with E-state index in [-0.39, 0.29) is 5.41 Å². The molecule has 2 aromatic rings. The van der Waals surface area contributed by atoms with Crippen LogP contribution in [0, 0.1) is 5.92 Å². The van der Waals surface area contributed by atoms with Crippen molar-refractivity contribution in [1.29, 1.82) is 0 Å². The number of aromatic nitrogens is 2. The molecule has 3 rings (SSSR count). The molecule has 25 heavy (non-hydrogen) atoms. The number of anilines is 1. The molecule has 1 atom stereocenters. The fourth-order valence-corrected chi connectivity index (χ4v) is 3.12. The second-order valence-electron chi connectivity index (χ2n) is 8.44. The van der Waals surface area contributed by atoms with Crippen LogP contribution in [0.4, 0.5) is 5.69 Å². The molecule has 2 heterocycles. The first-order chi connectivity index (χ1) is 11.8. The van der Waals surface area contributed by atoms with E-state index in [0.717, 1.165) is 13.1 Å². The summed E-state index contributed by atoms with van der Waals surface area (Å²) in [5.41, 5.74) is 3.86. The first-order valence-corrected chi connectivity index (χ1v) is 9.17. The summed E-state index contributed by atoms with van der Waals surface area (Å²) in [6, 6.07) is 7.08. The summed E-state index contributed by atoms with van der Waals surface area (Å²) in [5, 5.41) is 11.8. The first kappa shape index (κ1) is 17.9. The largest absolute Gasteiger partial charge is 0.423 e. The molecule has 0 aliphatic carbocycles. The Bertz CT molecular complexity index is 730. The van der Waals surface area contributed by atoms with E-state index in [0.29, 0.717) is 30.3 Å². The average Bonchev–Trinajstić information content (AvgIpc) is 3.18. The van der Waals surface area contributed by atoms with Gasteiger partial charge in [0.2, 0.25) is 11.8 Å². The number of fused-ring (bicyclic) bond motifs is 1. The van der Waals surface area contributed by atoms with Crippen molar-refractivity contribution in [2.75, 3.05) is 5.32 Å². The number of rotatable bonds is 5. The molecule has 0 radical (unpaired) electrons. The summed E-state index contributed by atoms with van der Waals surface area (Å²) in [6.07, 6.45) is 0. The Hall–Kier alpha value is -1.88. The minimum Gasteiger partial charge on any atom is -0.423 e. The lowest BCUT2D eigenvalue weighted by Crippen LogP contribution is -2.32. The summed E-state index contributed by atoms with van der Waals surface area (Å²) in [4.78, 5) is 2.55. The number of nitrogens with zero attached hydrogens (tertiary/aromatic N) is 3. The molecular weight excluding hydrogens is 312 g/mol. The molecule has 0 saturated carbocycles. The molecule has 0 spiro atoms. The lowest BCUT2D eigenvalue weighted by Gasteiger charge is -2.27. The molecule has 0 saturated heterocycles. The van der Waals surface area contributed by atoms with Gasteiger partial charge >= 0.3 is 0 Å². The van der Waals surface area contributed by atoms with Gasteiger partial charge in [0.05, 0.1) is 6.54 Å². The van der Waals surface area contributed by atoms with Crippen molar-refractivity contribution in [2.45, 2.75) is 72.6 Å². The fourth-order valence-electron chi connectivity index (χ4n) is 3.12. The Labute approximate surface area is 150 Å². The molecule has 136 valence electrons. The van der Waals surface area contributed by atoms with Crippen molar-refractivity contribution in [3.05, 3.63) is 41.1 Å². The SMILES string of the molecule is CC(C)[C@@H](C)N1Cc2cccc(NCc3nnc(C(C)(C)C)o3)c2C1. The van der Waals surface area contributed by atoms with Crippen LogP contribution < -0.4 is 5.32 Å². The van der Waals surface area contributed by atoms with E-state index in [1.165, 1.54) is 16.8 Å². The van der Waals surface area contributed by atoms with Gasteiger partial charge < -0.3 is 9.73 Å². The van der Waals surface area contributed by atoms with Gasteiger partial charge in [-0.15, -0.1) is 10.2 Å². The quantitative estimate of drug-likeness (QED) is 0.876. The van der Waals surface area contributed by atoms with Crippen LogP contribution in [0.3, 0.4) is 0 Å². The zero-order chi connectivity index (χ0) is 18.2. The van der Waals surface area contributed by atoms with E-state index >= 15 is 0 Å². The van der Waals surface area contributed by atoms with Crippen molar-refractivity contribution in [2.24, 2.45) is 5.92 Å². The van der Waals surface area contributed by atoms with E-state index in [9.17, 15) is 0 Å². The van der Waals surface area contributed by atoms with Gasteiger partial charge in [0, 0.05) is 30.2 Å². The van der Waals surface area contributed by atoms with Gasteiger partial charge in [-0.3, -0.25) is 4.90 Å². The predicted octanol–water partition coefficient (Wildman–Crippen LogP) is 4.34. The Morgan fingerprint density at radius 2 is 1.92 bits per heavy atom. The predicted molar refractivity (Wildman–Crippen MR) is 100 cm³/mol. The van der Waals surface area contributed by atoms with Crippen LogP contribution in [0.1, 0.15) is 64.5 Å². The highest BCUT2D eigenvalue weighted by Gasteiger charge is 2.27. The van der Waals surface area contributed by atoms with E-state index in [4.69, 9.17) is 4.42 Å². The summed E-state index contributed by atoms with van der Waals surface area (Å²) in [5.74, 6) is 1.97. The number of nitrogens with one attached hydrogen (secondary N) is 1. The molecule has 0 unspecified atom stereocenters. The Kier molecular flexibility index (Phi) is 4.87. The van der Waals surface area contributed by atoms with Gasteiger partial charge in [0.1, 0.15) is 0 Å². The highest BCUT2D eigenvalue weighted by atomic mass is 16.4. The van der Waals surface area contributed by atoms with Crippen molar-refractivity contribution < 1.29 is 4.42 Å². The van der Waals surface area contributed by atoms with Gasteiger partial charge in [-0.05, 0) is 30.0 Å². The summed E-state index contributed by atoms with van der Waals surface area (Å²) in [7, 11) is 0. The van der Waals surface area contributed by atoms with Crippen LogP contribution in [0.2, 0.25) is 0 Å². The third-order valence-corrected chi connectivity index (χ3v) is 5.09. The normalized spacial score (nSPS) is 16.3. The van der Waals surface area contributed by atoms with Crippen LogP contribution in [-0.4, -0.2) is 21.1 Å². The van der Waals surface area contributed by atoms with Gasteiger partial charge in [0.25, 0.3) is 0 Å². The van der Waals surface area contributed by atoms with Crippen LogP contribution >= 0.6 is 0 Å². The topological polar surface area (TPSA) is 54.2 Å². The zero-order valence-electron chi connectivity index (χ0n) is 16.3. The van der Waals surface area contributed by atoms with Gasteiger partial charge in [-0.2, -0.15) is 0 Å². The molecule has 5 heteroatoms. The highest BCUT2D eigenvalue weighted by Crippen LogP contribution is 2.32. The molecule has 1 aliphatic rings. The van der Waals surface area contributed by atoms with E-state index in [1.54, 1.807) is 0 Å². The van der Waals surface area contributed by atoms with Crippen LogP contribution in [0.15, 0.2) is 22.6 Å². The van der Waals surface area contributed by atoms with E-state index in [1.807, 2.05) is 0 Å². The van der Waals surface area contributed by atoms with Crippen molar-refractivity contribution in [3.8, 4) is 0 Å². The van der Waals surface area contributed by atoms with E-state index < -0.39 is 0 Å². The summed E-state index contributed by atoms with van der Waals surface area (Å²) < 4.78 is 5.78. The summed E-state index contributed by atoms with van der Waals surface area (Å²) >= 11 is 0. The Morgan fingerprint density at radius 3 is 2.56 bits per heavy atom. The molecule has 0 fully saturated rings. The molecule has 5 nitrogen and oxygen atoms in total. The van der Waals surface area contributed by atoms with Gasteiger partial charge in [-0.1, -0.05) is 46.8 Å². The standard InChI is InChI=1S/C20H30N4O/c1-13(2)14(3)24-11-15-8-7-9-17(16(15)12-24)21-10-18-22-23-19(25-18)20(4,5)6/h7-9,13-14,21H,10-12H2,1-6H3/t14-/m1/s1. The number of hydrogen-bond acceptors (Lipinski definition) is 5. The summed E-state index contributed by atoms with van der Waals surface area (Å²) in [6.45, 7) is 15.7. The molecular formula is C20H30N4O. The second-order valence-corrected chi connectivity index (χ2v) is 8.44. The lowest BCUT2D eigenvalue weighted by molar-refractivity contribution is 0.170. The van der Waals surface area contributed by atoms with E-state index in [2.05, 4.69) is 80.2 Å². The number of benzene rings is 1. The van der Waals surface area contributed by atoms with Crippen LogP contribution in [0.25, 0.3) is 0 Å². The lowest BCUT2D eigenvalue weighted by atomic mass is 9.97. The monoisotopic (exact) mass is 342 g/mol. The minimum atomic E-state index is -0.118. The molecule has 0 amide bonds. The molecule has 1 aromatic heterocycles. The number of hydrogen-bond donors (Lipinski definition) is 1. The smallest absolute Gasteiger partial charge is 0.235 e. The average molecular weight is 342 g/mol. The Morgan fingerprint density at radius 1 is 1.16 bits per heavy atom. The molecule has 0 bridgehead atoms. The van der Waals surface area contributed by atoms with Gasteiger partial charge in [-0.25, -0.2) is 0 Å². The van der Waals surface area contributed by atoms with Gasteiger partial charge in [0.15, 0.2) is 0 Å². The van der Waals surface area contributed by atoms with Crippen LogP contribution in [0.5, 0.6) is 0 Å². The maximum atomic E-state index is 5.78. The first-order valence-electron chi connectivity index (χ1n) is 9.17. The maximum Gasteiger partial charge on any atom is 0.235 e. The van der Waals surface area contributed by atoms with Crippen molar-refractivity contribution in [1.82, 2.24) is 15.1 Å². The fraction of sp³-hybridized carbons (Fsp3) is 0.600. The molecule has 1 N–H and O–H groups in total. The van der Waals surface area contributed by atoms with Crippen molar-refractivity contribution >= 4 is 5.69 Å². The third-order valence-electron chi connectivity index (χ3n) is 5.09. The molecule has 1 aliphatic heterocycles. The minimum absolute atomic E-state index is 0.118. The highest BCUT2D eigenvalue weighted by molar-refractivity contribution is 5.56. The second kappa shape index (κ2) is 6.79. The van der Waals surface area contributed by atoms with Crippen LogP contribution in [-0.2, 0) is 25.0 Å². The Balaban J connectivity index is 1.70. The third kappa shape index (κ3) is 3.87. The maximum absolute atomic E-state index is 5.78. The van der Waals surface area contributed by atoms with Crippen molar-refractivity contribution in [3.63, 3.8) is 0 Å². The molecule has 1 aromatic carbocycles.